The molecule has 3 heterocycles. The number of benzene rings is 1. The highest BCUT2D eigenvalue weighted by Gasteiger charge is 2.45. The number of methoxy groups -OCH3 is 1. The van der Waals surface area contributed by atoms with Gasteiger partial charge in [0.05, 0.1) is 12.5 Å². The van der Waals surface area contributed by atoms with Crippen LogP contribution in [0.3, 0.4) is 0 Å². The number of nitrogens with one attached hydrogen (secondary N) is 3. The van der Waals surface area contributed by atoms with Gasteiger partial charge < -0.3 is 30.0 Å². The highest BCUT2D eigenvalue weighted by Crippen LogP contribution is 2.30. The zero-order valence-electron chi connectivity index (χ0n) is 21.4. The Morgan fingerprint density at radius 3 is 2.43 bits per heavy atom. The molecular weight excluding hydrogens is 476 g/mol. The van der Waals surface area contributed by atoms with Crippen molar-refractivity contribution < 1.29 is 23.9 Å². The molecule has 2 aromatic heterocycles. The van der Waals surface area contributed by atoms with Gasteiger partial charge in [-0.1, -0.05) is 30.3 Å². The number of rotatable bonds is 6. The van der Waals surface area contributed by atoms with Crippen molar-refractivity contribution in [2.45, 2.75) is 50.8 Å². The van der Waals surface area contributed by atoms with Crippen molar-refractivity contribution in [1.29, 1.82) is 0 Å². The van der Waals surface area contributed by atoms with Crippen LogP contribution in [0.4, 0.5) is 10.6 Å². The van der Waals surface area contributed by atoms with Gasteiger partial charge in [0.15, 0.2) is 6.04 Å². The maximum atomic E-state index is 13.8. The van der Waals surface area contributed by atoms with Crippen molar-refractivity contribution in [3.05, 3.63) is 54.5 Å². The summed E-state index contributed by atoms with van der Waals surface area (Å²) in [6.45, 7) is 6.11. The first kappa shape index (κ1) is 25.9. The molecule has 1 aliphatic heterocycles. The van der Waals surface area contributed by atoms with Crippen molar-refractivity contribution in [2.24, 2.45) is 0 Å². The summed E-state index contributed by atoms with van der Waals surface area (Å²) < 4.78 is 10.4. The van der Waals surface area contributed by atoms with Crippen molar-refractivity contribution in [1.82, 2.24) is 25.6 Å². The maximum absolute atomic E-state index is 13.8. The number of hydrogen-bond acceptors (Lipinski definition) is 8. The van der Waals surface area contributed by atoms with Gasteiger partial charge in [-0.3, -0.25) is 4.79 Å². The van der Waals surface area contributed by atoms with Crippen LogP contribution >= 0.6 is 0 Å². The van der Waals surface area contributed by atoms with Gasteiger partial charge in [-0.25, -0.2) is 19.6 Å². The van der Waals surface area contributed by atoms with Gasteiger partial charge in [-0.2, -0.15) is 0 Å². The summed E-state index contributed by atoms with van der Waals surface area (Å²) in [4.78, 5) is 53.1. The minimum absolute atomic E-state index is 0.261. The van der Waals surface area contributed by atoms with E-state index in [2.05, 4.69) is 30.5 Å². The molecule has 2 amide bonds. The number of piperidine rings is 1. The molecule has 3 N–H and O–H groups in total. The standard InChI is InChI=1S/C26H32N6O5/c1-25(2,3)37-24(35)31-26(23(34)30-19(22(33)36-4)17-8-6-5-7-9-17)11-14-32(15-12-26)21-18-10-13-27-20(18)28-16-29-21/h5-10,13,16,19H,11-12,14-15H2,1-4H3,(H,30,34)(H,31,35)(H,27,28,29). The summed E-state index contributed by atoms with van der Waals surface area (Å²) in [6.07, 6.45) is 3.10. The average molecular weight is 509 g/mol. The Morgan fingerprint density at radius 1 is 1.08 bits per heavy atom. The predicted molar refractivity (Wildman–Crippen MR) is 137 cm³/mol. The molecule has 11 nitrogen and oxygen atoms in total. The smallest absolute Gasteiger partial charge is 0.408 e. The van der Waals surface area contributed by atoms with Crippen molar-refractivity contribution in [2.75, 3.05) is 25.1 Å². The summed E-state index contributed by atoms with van der Waals surface area (Å²) in [7, 11) is 1.26. The molecule has 0 radical (unpaired) electrons. The molecule has 196 valence electrons. The van der Waals surface area contributed by atoms with Crippen molar-refractivity contribution in [3.63, 3.8) is 0 Å². The van der Waals surface area contributed by atoms with E-state index in [1.165, 1.54) is 13.4 Å². The van der Waals surface area contributed by atoms with Gasteiger partial charge in [0.2, 0.25) is 5.91 Å². The molecule has 4 rings (SSSR count). The number of carbonyl (C=O) groups excluding carboxylic acids is 3. The first-order valence-corrected chi connectivity index (χ1v) is 12.1. The monoisotopic (exact) mass is 508 g/mol. The van der Waals surface area contributed by atoms with Crippen LogP contribution in [-0.4, -0.2) is 64.3 Å². The quantitative estimate of drug-likeness (QED) is 0.432. The number of aromatic amines is 1. The highest BCUT2D eigenvalue weighted by atomic mass is 16.6. The highest BCUT2D eigenvalue weighted by molar-refractivity contribution is 5.94. The van der Waals surface area contributed by atoms with Crippen molar-refractivity contribution >= 4 is 34.8 Å². The Bertz CT molecular complexity index is 1260. The minimum atomic E-state index is -1.32. The van der Waals surface area contributed by atoms with Crippen LogP contribution in [0.5, 0.6) is 0 Å². The number of alkyl carbamates (subject to hydrolysis) is 1. The van der Waals surface area contributed by atoms with Gasteiger partial charge in [0.1, 0.15) is 28.9 Å². The summed E-state index contributed by atoms with van der Waals surface area (Å²) in [5.74, 6) is -0.360. The molecule has 11 heteroatoms. The number of carbonyl (C=O) groups is 3. The SMILES string of the molecule is COC(=O)C(NC(=O)C1(NC(=O)OC(C)(C)C)CCN(c2ncnc3[nH]ccc23)CC1)c1ccccc1. The van der Waals surface area contributed by atoms with E-state index in [1.54, 1.807) is 51.2 Å². The molecule has 37 heavy (non-hydrogen) atoms. The van der Waals surface area contributed by atoms with Gasteiger partial charge in [0, 0.05) is 19.3 Å². The molecule has 1 unspecified atom stereocenters. The first-order chi connectivity index (χ1) is 17.6. The zero-order valence-corrected chi connectivity index (χ0v) is 21.4. The molecular formula is C26H32N6O5. The molecule has 1 aliphatic rings. The summed E-state index contributed by atoms with van der Waals surface area (Å²) in [5.41, 5.74) is -0.773. The van der Waals surface area contributed by atoms with E-state index in [0.717, 1.165) is 16.9 Å². The second kappa shape index (κ2) is 10.5. The fraction of sp³-hybridized carbons (Fsp3) is 0.423. The topological polar surface area (TPSA) is 139 Å². The zero-order chi connectivity index (χ0) is 26.6. The lowest BCUT2D eigenvalue weighted by Crippen LogP contribution is -2.64. The Morgan fingerprint density at radius 2 is 1.78 bits per heavy atom. The van der Waals surface area contributed by atoms with E-state index in [9.17, 15) is 14.4 Å². The molecule has 0 bridgehead atoms. The Labute approximate surface area is 214 Å². The summed E-state index contributed by atoms with van der Waals surface area (Å²) in [6, 6.07) is 9.69. The normalized spacial score (nSPS) is 16.1. The number of esters is 1. The minimum Gasteiger partial charge on any atom is -0.467 e. The number of fused-ring (bicyclic) bond motifs is 1. The Hall–Kier alpha value is -4.15. The van der Waals surface area contributed by atoms with Gasteiger partial charge in [-0.15, -0.1) is 0 Å². The van der Waals surface area contributed by atoms with E-state index in [-0.39, 0.29) is 12.8 Å². The lowest BCUT2D eigenvalue weighted by molar-refractivity contribution is -0.146. The molecule has 0 saturated carbocycles. The number of anilines is 1. The van der Waals surface area contributed by atoms with Crippen LogP contribution in [0.1, 0.15) is 45.2 Å². The van der Waals surface area contributed by atoms with Crippen molar-refractivity contribution in [3.8, 4) is 0 Å². The second-order valence-electron chi connectivity index (χ2n) is 9.97. The number of amides is 2. The maximum Gasteiger partial charge on any atom is 0.408 e. The summed E-state index contributed by atoms with van der Waals surface area (Å²) in [5, 5.41) is 6.50. The number of hydrogen-bond donors (Lipinski definition) is 3. The van der Waals surface area contributed by atoms with E-state index < -0.39 is 35.2 Å². The number of H-pyrrole nitrogens is 1. The van der Waals surface area contributed by atoms with Crippen LogP contribution in [0.25, 0.3) is 11.0 Å². The van der Waals surface area contributed by atoms with E-state index in [4.69, 9.17) is 9.47 Å². The van der Waals surface area contributed by atoms with E-state index in [0.29, 0.717) is 18.7 Å². The van der Waals surface area contributed by atoms with Crippen LogP contribution < -0.4 is 15.5 Å². The van der Waals surface area contributed by atoms with Gasteiger partial charge >= 0.3 is 12.1 Å². The largest absolute Gasteiger partial charge is 0.467 e. The van der Waals surface area contributed by atoms with Crippen LogP contribution in [0, 0.1) is 0 Å². The van der Waals surface area contributed by atoms with E-state index >= 15 is 0 Å². The van der Waals surface area contributed by atoms with Gasteiger partial charge in [0.25, 0.3) is 0 Å². The third-order valence-electron chi connectivity index (χ3n) is 6.27. The third kappa shape index (κ3) is 5.82. The lowest BCUT2D eigenvalue weighted by atomic mass is 9.85. The number of aromatic nitrogens is 3. The Balaban J connectivity index is 1.60. The molecule has 1 aromatic carbocycles. The number of nitrogens with zero attached hydrogens (tertiary/aromatic N) is 3. The fourth-order valence-corrected chi connectivity index (χ4v) is 4.43. The third-order valence-corrected chi connectivity index (χ3v) is 6.27. The molecule has 1 atom stereocenters. The van der Waals surface area contributed by atoms with Crippen LogP contribution in [0.2, 0.25) is 0 Å². The predicted octanol–water partition coefficient (Wildman–Crippen LogP) is 2.85. The summed E-state index contributed by atoms with van der Waals surface area (Å²) >= 11 is 0. The second-order valence-corrected chi connectivity index (χ2v) is 9.97. The molecule has 1 saturated heterocycles. The van der Waals surface area contributed by atoms with E-state index in [1.807, 2.05) is 12.1 Å². The van der Waals surface area contributed by atoms with Crippen LogP contribution in [0.15, 0.2) is 48.9 Å². The molecule has 0 spiro atoms. The first-order valence-electron chi connectivity index (χ1n) is 12.1. The Kier molecular flexibility index (Phi) is 7.33. The van der Waals surface area contributed by atoms with Gasteiger partial charge in [-0.05, 0) is 45.2 Å². The molecule has 0 aliphatic carbocycles. The fourth-order valence-electron chi connectivity index (χ4n) is 4.43. The molecule has 1 fully saturated rings. The number of ether oxygens (including phenoxy) is 2. The van der Waals surface area contributed by atoms with Crippen LogP contribution in [-0.2, 0) is 19.1 Å². The average Bonchev–Trinajstić information content (AvgIpc) is 3.36. The molecule has 3 aromatic rings. The lowest BCUT2D eigenvalue weighted by Gasteiger charge is -2.42.